The highest BCUT2D eigenvalue weighted by Crippen LogP contribution is 1.92. The number of aliphatic carboxylic acids is 1. The number of imidazole rings is 1. The molecular formula is C9H16N2O3. The minimum atomic E-state index is -1.08. The van der Waals surface area contributed by atoms with Gasteiger partial charge in [0, 0.05) is 5.97 Å². The fraction of sp³-hybridized carbons (Fsp3) is 0.556. The van der Waals surface area contributed by atoms with Gasteiger partial charge in [0.25, 0.3) is 5.82 Å². The van der Waals surface area contributed by atoms with Crippen molar-refractivity contribution in [2.75, 3.05) is 0 Å². The molecule has 0 radical (unpaired) electrons. The maximum absolute atomic E-state index is 8.89. The summed E-state index contributed by atoms with van der Waals surface area (Å²) in [5.74, 6) is -0.137. The van der Waals surface area contributed by atoms with Crippen LogP contribution in [0.3, 0.4) is 0 Å². The van der Waals surface area contributed by atoms with E-state index in [1.807, 2.05) is 28.6 Å². The monoisotopic (exact) mass is 200 g/mol. The van der Waals surface area contributed by atoms with Crippen molar-refractivity contribution in [2.24, 2.45) is 7.05 Å². The number of nitrogens with zero attached hydrogens (tertiary/aromatic N) is 2. The molecule has 0 atom stereocenters. The molecule has 0 aliphatic carbocycles. The second-order valence-corrected chi connectivity index (χ2v) is 2.76. The SMILES string of the molecule is CC(=O)[O-].CCn1cc[n+](C)c1CO. The second-order valence-electron chi connectivity index (χ2n) is 2.76. The molecule has 0 spiro atoms. The van der Waals surface area contributed by atoms with Crippen molar-refractivity contribution >= 4 is 5.97 Å². The number of carboxylic acids is 1. The Bertz CT molecular complexity index is 290. The van der Waals surface area contributed by atoms with Gasteiger partial charge in [-0.15, -0.1) is 0 Å². The van der Waals surface area contributed by atoms with Crippen molar-refractivity contribution in [3.63, 3.8) is 0 Å². The second kappa shape index (κ2) is 6.15. The summed E-state index contributed by atoms with van der Waals surface area (Å²) in [5, 5.41) is 17.8. The zero-order valence-electron chi connectivity index (χ0n) is 8.73. The highest BCUT2D eigenvalue weighted by Gasteiger charge is 2.09. The van der Waals surface area contributed by atoms with Gasteiger partial charge in [-0.25, -0.2) is 9.13 Å². The topological polar surface area (TPSA) is 69.2 Å². The van der Waals surface area contributed by atoms with Crippen LogP contribution < -0.4 is 9.67 Å². The first-order valence-corrected chi connectivity index (χ1v) is 4.35. The number of aryl methyl sites for hydroxylation is 2. The van der Waals surface area contributed by atoms with Crippen molar-refractivity contribution in [3.05, 3.63) is 18.2 Å². The molecule has 0 fully saturated rings. The molecule has 0 bridgehead atoms. The predicted octanol–water partition coefficient (Wildman–Crippen LogP) is -1.42. The zero-order chi connectivity index (χ0) is 11.1. The highest BCUT2D eigenvalue weighted by atomic mass is 16.4. The third-order valence-corrected chi connectivity index (χ3v) is 1.69. The molecule has 1 aromatic rings. The van der Waals surface area contributed by atoms with Gasteiger partial charge in [0.05, 0.1) is 13.6 Å². The first-order chi connectivity index (χ1) is 6.52. The number of hydrogen-bond acceptors (Lipinski definition) is 3. The van der Waals surface area contributed by atoms with Crippen LogP contribution in [0.4, 0.5) is 0 Å². The number of carboxylic acid groups (broad SMARTS) is 1. The van der Waals surface area contributed by atoms with E-state index in [1.165, 1.54) is 0 Å². The highest BCUT2D eigenvalue weighted by molar-refractivity contribution is 5.60. The fourth-order valence-corrected chi connectivity index (χ4v) is 1.05. The molecule has 0 unspecified atom stereocenters. The third kappa shape index (κ3) is 4.04. The van der Waals surface area contributed by atoms with E-state index in [0.717, 1.165) is 19.3 Å². The molecule has 1 rings (SSSR count). The first kappa shape index (κ1) is 12.6. The van der Waals surface area contributed by atoms with Gasteiger partial charge in [-0.2, -0.15) is 0 Å². The van der Waals surface area contributed by atoms with Crippen LogP contribution in [0.15, 0.2) is 12.4 Å². The Morgan fingerprint density at radius 1 is 1.71 bits per heavy atom. The molecule has 80 valence electrons. The lowest BCUT2D eigenvalue weighted by Crippen LogP contribution is -2.31. The first-order valence-electron chi connectivity index (χ1n) is 4.35. The lowest BCUT2D eigenvalue weighted by atomic mass is 10.6. The molecule has 1 N–H and O–H groups in total. The number of carbonyl (C=O) groups is 1. The van der Waals surface area contributed by atoms with Crippen LogP contribution in [-0.4, -0.2) is 15.6 Å². The minimum absolute atomic E-state index is 0.108. The molecule has 1 heterocycles. The summed E-state index contributed by atoms with van der Waals surface area (Å²) >= 11 is 0. The van der Waals surface area contributed by atoms with Crippen LogP contribution in [0.2, 0.25) is 0 Å². The number of aromatic nitrogens is 2. The Kier molecular flexibility index (Phi) is 5.55. The molecule has 0 saturated carbocycles. The summed E-state index contributed by atoms with van der Waals surface area (Å²) in [6, 6.07) is 0. The number of rotatable bonds is 2. The van der Waals surface area contributed by atoms with Crippen LogP contribution in [-0.2, 0) is 25.0 Å². The predicted molar refractivity (Wildman–Crippen MR) is 47.9 cm³/mol. The largest absolute Gasteiger partial charge is 0.550 e. The molecule has 5 heteroatoms. The van der Waals surface area contributed by atoms with E-state index in [-0.39, 0.29) is 6.61 Å². The van der Waals surface area contributed by atoms with Crippen LogP contribution in [0.25, 0.3) is 0 Å². The minimum Gasteiger partial charge on any atom is -0.550 e. The average Bonchev–Trinajstić information content (AvgIpc) is 2.44. The Labute approximate surface area is 83.2 Å². The van der Waals surface area contributed by atoms with Crippen LogP contribution in [0.5, 0.6) is 0 Å². The van der Waals surface area contributed by atoms with Gasteiger partial charge in [0.15, 0.2) is 0 Å². The number of hydrogen-bond donors (Lipinski definition) is 1. The van der Waals surface area contributed by atoms with Gasteiger partial charge in [-0.3, -0.25) is 0 Å². The summed E-state index contributed by atoms with van der Waals surface area (Å²) in [7, 11) is 1.93. The van der Waals surface area contributed by atoms with E-state index >= 15 is 0 Å². The fourth-order valence-electron chi connectivity index (χ4n) is 1.05. The van der Waals surface area contributed by atoms with Gasteiger partial charge in [-0.05, 0) is 13.8 Å². The van der Waals surface area contributed by atoms with E-state index < -0.39 is 5.97 Å². The van der Waals surface area contributed by atoms with E-state index in [9.17, 15) is 0 Å². The number of aliphatic hydroxyl groups excluding tert-OH is 1. The van der Waals surface area contributed by atoms with Gasteiger partial charge >= 0.3 is 0 Å². The van der Waals surface area contributed by atoms with E-state index in [1.54, 1.807) is 0 Å². The maximum atomic E-state index is 8.89. The van der Waals surface area contributed by atoms with Gasteiger partial charge in [0.1, 0.15) is 19.0 Å². The van der Waals surface area contributed by atoms with Crippen molar-refractivity contribution in [2.45, 2.75) is 27.0 Å². The smallest absolute Gasteiger partial charge is 0.282 e. The standard InChI is InChI=1S/C7H13N2O.C2H4O2/c1-3-9-5-4-8(2)7(9)6-10;1-2(3)4/h4-5,10H,3,6H2,1-2H3;1H3,(H,3,4)/q+1;/p-1. The molecule has 0 amide bonds. The Morgan fingerprint density at radius 3 is 2.50 bits per heavy atom. The molecule has 1 aromatic heterocycles. The van der Waals surface area contributed by atoms with Crippen LogP contribution >= 0.6 is 0 Å². The average molecular weight is 200 g/mol. The summed E-state index contributed by atoms with van der Waals surface area (Å²) in [5.41, 5.74) is 0. The van der Waals surface area contributed by atoms with E-state index in [0.29, 0.717) is 0 Å². The Balaban J connectivity index is 0.000000364. The van der Waals surface area contributed by atoms with Crippen molar-refractivity contribution < 1.29 is 19.6 Å². The summed E-state index contributed by atoms with van der Waals surface area (Å²) in [6.45, 7) is 4.05. The molecular weight excluding hydrogens is 184 g/mol. The quantitative estimate of drug-likeness (QED) is 0.596. The van der Waals surface area contributed by atoms with Gasteiger partial charge in [0.2, 0.25) is 0 Å². The molecule has 0 aliphatic heterocycles. The molecule has 0 aromatic carbocycles. The maximum Gasteiger partial charge on any atom is 0.282 e. The van der Waals surface area contributed by atoms with Gasteiger partial charge < -0.3 is 15.0 Å². The summed E-state index contributed by atoms with van der Waals surface area (Å²) < 4.78 is 3.93. The van der Waals surface area contributed by atoms with E-state index in [2.05, 4.69) is 6.92 Å². The molecule has 5 nitrogen and oxygen atoms in total. The van der Waals surface area contributed by atoms with Crippen molar-refractivity contribution in [1.29, 1.82) is 0 Å². The van der Waals surface area contributed by atoms with Crippen molar-refractivity contribution in [1.82, 2.24) is 4.57 Å². The zero-order valence-corrected chi connectivity index (χ0v) is 8.73. The van der Waals surface area contributed by atoms with Crippen molar-refractivity contribution in [3.8, 4) is 0 Å². The van der Waals surface area contributed by atoms with E-state index in [4.69, 9.17) is 15.0 Å². The van der Waals surface area contributed by atoms with Crippen LogP contribution in [0.1, 0.15) is 19.7 Å². The number of aliphatic hydroxyl groups is 1. The van der Waals surface area contributed by atoms with Gasteiger partial charge in [-0.1, -0.05) is 0 Å². The molecule has 0 aliphatic rings. The molecule has 0 saturated heterocycles. The summed E-state index contributed by atoms with van der Waals surface area (Å²) in [6.07, 6.45) is 3.90. The summed E-state index contributed by atoms with van der Waals surface area (Å²) in [4.78, 5) is 8.89. The lowest BCUT2D eigenvalue weighted by Gasteiger charge is -1.93. The normalized spacial score (nSPS) is 9.14. The Morgan fingerprint density at radius 2 is 2.21 bits per heavy atom. The third-order valence-electron chi connectivity index (χ3n) is 1.69. The molecule has 14 heavy (non-hydrogen) atoms. The Hall–Kier alpha value is -1.36. The number of carbonyl (C=O) groups excluding carboxylic acids is 1. The van der Waals surface area contributed by atoms with Crippen LogP contribution in [0, 0.1) is 0 Å². The lowest BCUT2D eigenvalue weighted by molar-refractivity contribution is -0.680.